The quantitative estimate of drug-likeness (QED) is 0.724. The van der Waals surface area contributed by atoms with E-state index in [1.54, 1.807) is 19.2 Å². The fraction of sp³-hybridized carbons (Fsp3) is 0.125. The molecule has 0 heterocycles. The van der Waals surface area contributed by atoms with E-state index >= 15 is 0 Å². The van der Waals surface area contributed by atoms with Crippen molar-refractivity contribution in [3.63, 3.8) is 0 Å². The van der Waals surface area contributed by atoms with E-state index in [4.69, 9.17) is 10.00 Å². The van der Waals surface area contributed by atoms with Crippen LogP contribution < -0.4 is 4.74 Å². The lowest BCUT2D eigenvalue weighted by molar-refractivity contribution is 0.411. The van der Waals surface area contributed by atoms with Gasteiger partial charge in [0.25, 0.3) is 0 Å². The summed E-state index contributed by atoms with van der Waals surface area (Å²) >= 11 is 2.09. The van der Waals surface area contributed by atoms with E-state index in [2.05, 4.69) is 28.7 Å². The van der Waals surface area contributed by atoms with Gasteiger partial charge in [-0.2, -0.15) is 5.26 Å². The smallest absolute Gasteiger partial charge is 0.133 e. The maximum atomic E-state index is 8.63. The molecule has 0 aliphatic rings. The summed E-state index contributed by atoms with van der Waals surface area (Å²) in [6, 6.07) is 7.49. The molecular weight excluding hydrogens is 253 g/mol. The van der Waals surface area contributed by atoms with Crippen molar-refractivity contribution in [2.75, 3.05) is 7.11 Å². The molecule has 0 saturated heterocycles. The van der Waals surface area contributed by atoms with Crippen molar-refractivity contribution in [3.8, 4) is 11.8 Å². The van der Waals surface area contributed by atoms with Gasteiger partial charge in [0.2, 0.25) is 0 Å². The van der Waals surface area contributed by atoms with E-state index in [1.807, 2.05) is 6.07 Å². The van der Waals surface area contributed by atoms with Crippen LogP contribution in [-0.2, 0) is 0 Å². The first-order chi connectivity index (χ1) is 5.29. The zero-order chi connectivity index (χ0) is 8.27. The van der Waals surface area contributed by atoms with Crippen LogP contribution in [0.4, 0.5) is 0 Å². The third-order valence-corrected chi connectivity index (χ3v) is 2.42. The lowest BCUT2D eigenvalue weighted by atomic mass is 10.2. The lowest BCUT2D eigenvalue weighted by Crippen LogP contribution is -1.88. The summed E-state index contributed by atoms with van der Waals surface area (Å²) in [7, 11) is 1.60. The molecule has 0 spiro atoms. The van der Waals surface area contributed by atoms with Gasteiger partial charge in [-0.3, -0.25) is 0 Å². The number of methoxy groups -OCH3 is 1. The number of halogens is 1. The van der Waals surface area contributed by atoms with Gasteiger partial charge in [-0.15, -0.1) is 0 Å². The van der Waals surface area contributed by atoms with Crippen LogP contribution >= 0.6 is 22.6 Å². The zero-order valence-corrected chi connectivity index (χ0v) is 8.12. The molecule has 0 N–H and O–H groups in total. The number of hydrogen-bond donors (Lipinski definition) is 0. The summed E-state index contributed by atoms with van der Waals surface area (Å²) in [5.74, 6) is 0.754. The molecule has 1 aromatic rings. The van der Waals surface area contributed by atoms with Gasteiger partial charge in [-0.05, 0) is 34.7 Å². The van der Waals surface area contributed by atoms with E-state index in [9.17, 15) is 0 Å². The first-order valence-electron chi connectivity index (χ1n) is 3.02. The van der Waals surface area contributed by atoms with Crippen molar-refractivity contribution in [2.24, 2.45) is 0 Å². The Bertz CT molecular complexity index is 303. The van der Waals surface area contributed by atoms with Crippen LogP contribution in [0.25, 0.3) is 0 Å². The lowest BCUT2D eigenvalue weighted by Gasteiger charge is -2.02. The van der Waals surface area contributed by atoms with Crippen molar-refractivity contribution >= 4 is 22.6 Å². The highest BCUT2D eigenvalue weighted by Gasteiger charge is 2.03. The second kappa shape index (κ2) is 3.58. The molecule has 0 atom stereocenters. The highest BCUT2D eigenvalue weighted by Crippen LogP contribution is 2.22. The van der Waals surface area contributed by atoms with E-state index in [0.29, 0.717) is 5.56 Å². The molecule has 2 nitrogen and oxygen atoms in total. The molecule has 0 aromatic heterocycles. The van der Waals surface area contributed by atoms with E-state index in [0.717, 1.165) is 9.32 Å². The van der Waals surface area contributed by atoms with Crippen LogP contribution in [0.5, 0.6) is 5.75 Å². The Balaban J connectivity index is 3.23. The summed E-state index contributed by atoms with van der Waals surface area (Å²) in [5, 5.41) is 8.63. The normalized spacial score (nSPS) is 8.82. The summed E-state index contributed by atoms with van der Waals surface area (Å²) in [6.45, 7) is 0. The average molecular weight is 259 g/mol. The Morgan fingerprint density at radius 3 is 2.82 bits per heavy atom. The molecule has 0 aliphatic heterocycles. The molecule has 0 amide bonds. The zero-order valence-electron chi connectivity index (χ0n) is 5.97. The van der Waals surface area contributed by atoms with Gasteiger partial charge < -0.3 is 4.74 Å². The predicted octanol–water partition coefficient (Wildman–Crippen LogP) is 2.17. The molecule has 0 unspecified atom stereocenters. The van der Waals surface area contributed by atoms with Crippen LogP contribution in [0.15, 0.2) is 18.2 Å². The molecule has 1 aromatic carbocycles. The first kappa shape index (κ1) is 8.34. The maximum absolute atomic E-state index is 8.63. The summed E-state index contributed by atoms with van der Waals surface area (Å²) < 4.78 is 5.90. The topological polar surface area (TPSA) is 33.0 Å². The van der Waals surface area contributed by atoms with Crippen molar-refractivity contribution in [1.29, 1.82) is 5.26 Å². The minimum atomic E-state index is 0.657. The van der Waals surface area contributed by atoms with Crippen molar-refractivity contribution in [2.45, 2.75) is 0 Å². The summed E-state index contributed by atoms with van der Waals surface area (Å²) in [5.41, 5.74) is 0.657. The Hall–Kier alpha value is -0.760. The largest absolute Gasteiger partial charge is 0.496 e. The molecule has 0 radical (unpaired) electrons. The molecule has 0 aliphatic carbocycles. The number of benzene rings is 1. The Morgan fingerprint density at radius 1 is 1.55 bits per heavy atom. The van der Waals surface area contributed by atoms with Crippen molar-refractivity contribution in [3.05, 3.63) is 27.3 Å². The van der Waals surface area contributed by atoms with Crippen LogP contribution in [0.2, 0.25) is 0 Å². The van der Waals surface area contributed by atoms with Crippen molar-refractivity contribution < 1.29 is 4.74 Å². The molecule has 0 saturated carbocycles. The van der Waals surface area contributed by atoms with Crippen LogP contribution in [0.1, 0.15) is 5.56 Å². The fourth-order valence-electron chi connectivity index (χ4n) is 0.755. The number of ether oxygens (including phenoxy) is 1. The maximum Gasteiger partial charge on any atom is 0.133 e. The molecule has 0 fully saturated rings. The fourth-order valence-corrected chi connectivity index (χ4v) is 1.46. The standard InChI is InChI=1S/C8H6INO/c1-11-7-4-2-3-6(5-10)8(7)9/h2-4H,1H3. The molecule has 56 valence electrons. The van der Waals surface area contributed by atoms with Crippen LogP contribution in [0, 0.1) is 14.9 Å². The average Bonchev–Trinajstić information content (AvgIpc) is 2.05. The van der Waals surface area contributed by atoms with Gasteiger partial charge in [-0.1, -0.05) is 6.07 Å². The van der Waals surface area contributed by atoms with E-state index < -0.39 is 0 Å². The van der Waals surface area contributed by atoms with Crippen LogP contribution in [0.3, 0.4) is 0 Å². The third-order valence-electron chi connectivity index (χ3n) is 1.30. The molecule has 1 rings (SSSR count). The Morgan fingerprint density at radius 2 is 2.27 bits per heavy atom. The number of nitrogens with zero attached hydrogens (tertiary/aromatic N) is 1. The second-order valence-electron chi connectivity index (χ2n) is 1.93. The van der Waals surface area contributed by atoms with E-state index in [1.165, 1.54) is 0 Å². The Labute approximate surface area is 78.9 Å². The minimum absolute atomic E-state index is 0.657. The summed E-state index contributed by atoms with van der Waals surface area (Å²) in [6.07, 6.45) is 0. The highest BCUT2D eigenvalue weighted by molar-refractivity contribution is 14.1. The molecule has 11 heavy (non-hydrogen) atoms. The monoisotopic (exact) mass is 259 g/mol. The van der Waals surface area contributed by atoms with Gasteiger partial charge in [0, 0.05) is 0 Å². The summed E-state index contributed by atoms with van der Waals surface area (Å²) in [4.78, 5) is 0. The third kappa shape index (κ3) is 1.63. The van der Waals surface area contributed by atoms with Gasteiger partial charge >= 0.3 is 0 Å². The van der Waals surface area contributed by atoms with E-state index in [-0.39, 0.29) is 0 Å². The van der Waals surface area contributed by atoms with Crippen LogP contribution in [-0.4, -0.2) is 7.11 Å². The van der Waals surface area contributed by atoms with Crippen molar-refractivity contribution in [1.82, 2.24) is 0 Å². The predicted molar refractivity (Wildman–Crippen MR) is 50.4 cm³/mol. The minimum Gasteiger partial charge on any atom is -0.496 e. The van der Waals surface area contributed by atoms with Gasteiger partial charge in [-0.25, -0.2) is 0 Å². The van der Waals surface area contributed by atoms with Gasteiger partial charge in [0.1, 0.15) is 11.8 Å². The second-order valence-corrected chi connectivity index (χ2v) is 3.01. The SMILES string of the molecule is COc1cccc(C#N)c1I. The van der Waals surface area contributed by atoms with Gasteiger partial charge in [0.05, 0.1) is 16.2 Å². The molecule has 3 heteroatoms. The number of nitriles is 1. The number of hydrogen-bond acceptors (Lipinski definition) is 2. The first-order valence-corrected chi connectivity index (χ1v) is 4.10. The highest BCUT2D eigenvalue weighted by atomic mass is 127. The molecule has 0 bridgehead atoms. The molecular formula is C8H6INO. The van der Waals surface area contributed by atoms with Gasteiger partial charge in [0.15, 0.2) is 0 Å². The number of rotatable bonds is 1. The Kier molecular flexibility index (Phi) is 2.71.